The quantitative estimate of drug-likeness (QED) is 0.553. The highest BCUT2D eigenvalue weighted by Gasteiger charge is 2.11. The van der Waals surface area contributed by atoms with Crippen LogP contribution in [0.25, 0.3) is 0 Å². The second-order valence-corrected chi connectivity index (χ2v) is 3.07. The van der Waals surface area contributed by atoms with Gasteiger partial charge < -0.3 is 4.98 Å². The van der Waals surface area contributed by atoms with E-state index < -0.39 is 0 Å². The monoisotopic (exact) mass is 175 g/mol. The fourth-order valence-corrected chi connectivity index (χ4v) is 1.47. The van der Waals surface area contributed by atoms with E-state index in [4.69, 9.17) is 6.42 Å². The van der Waals surface area contributed by atoms with Gasteiger partial charge in [-0.15, -0.1) is 12.3 Å². The number of terminal acetylenes is 1. The zero-order valence-electron chi connectivity index (χ0n) is 7.98. The van der Waals surface area contributed by atoms with Gasteiger partial charge in [-0.3, -0.25) is 4.79 Å². The van der Waals surface area contributed by atoms with Crippen LogP contribution in [0.2, 0.25) is 0 Å². The number of aromatic nitrogens is 1. The summed E-state index contributed by atoms with van der Waals surface area (Å²) in [5, 5.41) is 0. The van der Waals surface area contributed by atoms with Crippen molar-refractivity contribution >= 4 is 5.78 Å². The van der Waals surface area contributed by atoms with Gasteiger partial charge in [0.05, 0.1) is 0 Å². The number of aryl methyl sites for hydroxylation is 2. The molecular formula is C11H13NO. The summed E-state index contributed by atoms with van der Waals surface area (Å²) in [4.78, 5) is 14.3. The first-order valence-electron chi connectivity index (χ1n) is 4.28. The number of carbonyl (C=O) groups excluding carboxylic acids is 1. The summed E-state index contributed by atoms with van der Waals surface area (Å²) in [6.45, 7) is 3.48. The maximum atomic E-state index is 11.2. The Kier molecular flexibility index (Phi) is 2.92. The molecule has 0 aliphatic carbocycles. The fourth-order valence-electron chi connectivity index (χ4n) is 1.47. The number of carbonyl (C=O) groups is 1. The van der Waals surface area contributed by atoms with Gasteiger partial charge in [-0.05, 0) is 25.8 Å². The predicted molar refractivity (Wildman–Crippen MR) is 52.7 cm³/mol. The number of aromatic amines is 1. The largest absolute Gasteiger partial charge is 0.364 e. The summed E-state index contributed by atoms with van der Waals surface area (Å²) < 4.78 is 0. The van der Waals surface area contributed by atoms with E-state index in [2.05, 4.69) is 10.9 Å². The highest BCUT2D eigenvalue weighted by Crippen LogP contribution is 2.15. The van der Waals surface area contributed by atoms with Gasteiger partial charge >= 0.3 is 0 Å². The first-order valence-corrected chi connectivity index (χ1v) is 4.28. The van der Waals surface area contributed by atoms with Crippen LogP contribution < -0.4 is 0 Å². The molecule has 0 atom stereocenters. The van der Waals surface area contributed by atoms with E-state index in [1.807, 2.05) is 13.1 Å². The van der Waals surface area contributed by atoms with Crippen molar-refractivity contribution in [2.75, 3.05) is 0 Å². The van der Waals surface area contributed by atoms with Gasteiger partial charge in [-0.25, -0.2) is 0 Å². The van der Waals surface area contributed by atoms with E-state index in [-0.39, 0.29) is 5.78 Å². The fraction of sp³-hybridized carbons (Fsp3) is 0.364. The summed E-state index contributed by atoms with van der Waals surface area (Å²) in [6.07, 6.45) is 8.48. The molecule has 0 unspecified atom stereocenters. The summed E-state index contributed by atoms with van der Waals surface area (Å²) in [7, 11) is 0. The number of nitrogens with one attached hydrogen (secondary N) is 1. The molecule has 0 saturated carbocycles. The molecule has 0 amide bonds. The van der Waals surface area contributed by atoms with Gasteiger partial charge in [0.15, 0.2) is 5.78 Å². The van der Waals surface area contributed by atoms with E-state index >= 15 is 0 Å². The van der Waals surface area contributed by atoms with Crippen molar-refractivity contribution in [3.05, 3.63) is 23.0 Å². The molecular weight excluding hydrogens is 162 g/mol. The number of H-pyrrole nitrogens is 1. The lowest BCUT2D eigenvalue weighted by Gasteiger charge is -1.98. The molecule has 0 aliphatic rings. The van der Waals surface area contributed by atoms with E-state index in [1.54, 1.807) is 6.92 Å². The number of hydrogen-bond acceptors (Lipinski definition) is 1. The standard InChI is InChI=1S/C11H13NO/c1-4-5-6-10-7-12-8(2)11(10)9(3)13/h1,7,12H,5-6H2,2-3H3. The minimum atomic E-state index is 0.103. The van der Waals surface area contributed by atoms with Gasteiger partial charge in [0.2, 0.25) is 0 Å². The molecule has 13 heavy (non-hydrogen) atoms. The van der Waals surface area contributed by atoms with Crippen molar-refractivity contribution in [1.29, 1.82) is 0 Å². The van der Waals surface area contributed by atoms with Crippen LogP contribution in [0.15, 0.2) is 6.20 Å². The minimum absolute atomic E-state index is 0.103. The lowest BCUT2D eigenvalue weighted by atomic mass is 10.0. The number of hydrogen-bond donors (Lipinski definition) is 1. The molecule has 0 saturated heterocycles. The van der Waals surface area contributed by atoms with Crippen LogP contribution in [-0.4, -0.2) is 10.8 Å². The van der Waals surface area contributed by atoms with E-state index in [1.165, 1.54) is 0 Å². The van der Waals surface area contributed by atoms with Crippen LogP contribution in [0, 0.1) is 19.3 Å². The molecule has 0 bridgehead atoms. The molecule has 1 aromatic rings. The number of Topliss-reactive ketones (excluding diaryl/α,β-unsaturated/α-hetero) is 1. The second-order valence-electron chi connectivity index (χ2n) is 3.07. The molecule has 68 valence electrons. The van der Waals surface area contributed by atoms with Crippen LogP contribution in [-0.2, 0) is 6.42 Å². The molecule has 1 rings (SSSR count). The van der Waals surface area contributed by atoms with Crippen molar-refractivity contribution in [2.24, 2.45) is 0 Å². The Hall–Kier alpha value is -1.49. The van der Waals surface area contributed by atoms with Gasteiger partial charge in [-0.2, -0.15) is 0 Å². The Morgan fingerprint density at radius 1 is 1.69 bits per heavy atom. The Bertz CT molecular complexity index is 355. The summed E-state index contributed by atoms with van der Waals surface area (Å²) in [6, 6.07) is 0. The smallest absolute Gasteiger partial charge is 0.161 e. The number of ketones is 1. The van der Waals surface area contributed by atoms with Gasteiger partial charge in [-0.1, -0.05) is 0 Å². The van der Waals surface area contributed by atoms with E-state index in [0.717, 1.165) is 23.2 Å². The third-order valence-corrected chi connectivity index (χ3v) is 2.05. The van der Waals surface area contributed by atoms with Crippen LogP contribution >= 0.6 is 0 Å². The van der Waals surface area contributed by atoms with Crippen LogP contribution in [0.1, 0.15) is 35.0 Å². The molecule has 0 aliphatic heterocycles. The lowest BCUT2D eigenvalue weighted by molar-refractivity contribution is 0.101. The van der Waals surface area contributed by atoms with Gasteiger partial charge in [0.25, 0.3) is 0 Å². The predicted octanol–water partition coefficient (Wildman–Crippen LogP) is 2.09. The summed E-state index contributed by atoms with van der Waals surface area (Å²) >= 11 is 0. The normalized spacial score (nSPS) is 9.62. The van der Waals surface area contributed by atoms with Crippen molar-refractivity contribution in [1.82, 2.24) is 4.98 Å². The zero-order chi connectivity index (χ0) is 9.84. The van der Waals surface area contributed by atoms with E-state index in [0.29, 0.717) is 6.42 Å². The summed E-state index contributed by atoms with van der Waals surface area (Å²) in [5.74, 6) is 2.67. The maximum Gasteiger partial charge on any atom is 0.161 e. The molecule has 2 nitrogen and oxygen atoms in total. The second kappa shape index (κ2) is 3.95. The van der Waals surface area contributed by atoms with Crippen molar-refractivity contribution in [3.8, 4) is 12.3 Å². The maximum absolute atomic E-state index is 11.2. The summed E-state index contributed by atoms with van der Waals surface area (Å²) in [5.41, 5.74) is 2.76. The Balaban J connectivity index is 2.95. The third-order valence-electron chi connectivity index (χ3n) is 2.05. The molecule has 0 radical (unpaired) electrons. The lowest BCUT2D eigenvalue weighted by Crippen LogP contribution is -1.97. The van der Waals surface area contributed by atoms with Gasteiger partial charge in [0.1, 0.15) is 0 Å². The SMILES string of the molecule is C#CCCc1c[nH]c(C)c1C(C)=O. The molecule has 0 aromatic carbocycles. The van der Waals surface area contributed by atoms with Crippen LogP contribution in [0.3, 0.4) is 0 Å². The average molecular weight is 175 g/mol. The highest BCUT2D eigenvalue weighted by molar-refractivity contribution is 5.96. The van der Waals surface area contributed by atoms with Crippen molar-refractivity contribution in [2.45, 2.75) is 26.7 Å². The topological polar surface area (TPSA) is 32.9 Å². The highest BCUT2D eigenvalue weighted by atomic mass is 16.1. The molecule has 1 N–H and O–H groups in total. The third kappa shape index (κ3) is 2.00. The molecule has 1 aromatic heterocycles. The minimum Gasteiger partial charge on any atom is -0.364 e. The van der Waals surface area contributed by atoms with Crippen molar-refractivity contribution in [3.63, 3.8) is 0 Å². The molecule has 1 heterocycles. The molecule has 0 spiro atoms. The average Bonchev–Trinajstić information content (AvgIpc) is 2.43. The van der Waals surface area contributed by atoms with Gasteiger partial charge in [0, 0.05) is 23.9 Å². The van der Waals surface area contributed by atoms with E-state index in [9.17, 15) is 4.79 Å². The first-order chi connectivity index (χ1) is 6.16. The molecule has 2 heteroatoms. The Morgan fingerprint density at radius 2 is 2.38 bits per heavy atom. The molecule has 0 fully saturated rings. The number of rotatable bonds is 3. The van der Waals surface area contributed by atoms with Crippen molar-refractivity contribution < 1.29 is 4.79 Å². The zero-order valence-corrected chi connectivity index (χ0v) is 7.98. The Labute approximate surface area is 78.4 Å². The van der Waals surface area contributed by atoms with Crippen LogP contribution in [0.4, 0.5) is 0 Å². The first kappa shape index (κ1) is 9.60. The van der Waals surface area contributed by atoms with Crippen LogP contribution in [0.5, 0.6) is 0 Å². The Morgan fingerprint density at radius 3 is 2.92 bits per heavy atom.